The van der Waals surface area contributed by atoms with Crippen LogP contribution in [0.5, 0.6) is 0 Å². The molecule has 0 fully saturated rings. The van der Waals surface area contributed by atoms with E-state index in [4.69, 9.17) is 23.2 Å². The fourth-order valence-corrected chi connectivity index (χ4v) is 1.47. The standard InChI is InChI=1S/C10H6Cl2N2O/c11-8-1-3-9(4-2-8)14-5-7(6-15)10(12)13-14/h1-6H. The highest BCUT2D eigenvalue weighted by Crippen LogP contribution is 2.17. The summed E-state index contributed by atoms with van der Waals surface area (Å²) in [6, 6.07) is 7.07. The van der Waals surface area contributed by atoms with Gasteiger partial charge in [-0.3, -0.25) is 4.79 Å². The molecule has 0 N–H and O–H groups in total. The second-order valence-corrected chi connectivity index (χ2v) is 3.71. The smallest absolute Gasteiger partial charge is 0.162 e. The molecule has 15 heavy (non-hydrogen) atoms. The van der Waals surface area contributed by atoms with E-state index >= 15 is 0 Å². The van der Waals surface area contributed by atoms with Crippen molar-refractivity contribution >= 4 is 29.5 Å². The molecular weight excluding hydrogens is 235 g/mol. The van der Waals surface area contributed by atoms with Crippen molar-refractivity contribution < 1.29 is 4.79 Å². The highest BCUT2D eigenvalue weighted by Gasteiger charge is 2.06. The summed E-state index contributed by atoms with van der Waals surface area (Å²) in [6.07, 6.45) is 2.24. The third kappa shape index (κ3) is 2.03. The fraction of sp³-hybridized carbons (Fsp3) is 0. The van der Waals surface area contributed by atoms with E-state index in [9.17, 15) is 4.79 Å². The summed E-state index contributed by atoms with van der Waals surface area (Å²) >= 11 is 11.5. The molecule has 0 aliphatic heterocycles. The Bertz CT molecular complexity index is 491. The lowest BCUT2D eigenvalue weighted by Gasteiger charge is -1.99. The Hall–Kier alpha value is -1.32. The van der Waals surface area contributed by atoms with Crippen LogP contribution in [0.4, 0.5) is 0 Å². The van der Waals surface area contributed by atoms with Crippen molar-refractivity contribution in [3.05, 3.63) is 46.2 Å². The summed E-state index contributed by atoms with van der Waals surface area (Å²) in [5, 5.41) is 4.83. The maximum absolute atomic E-state index is 10.6. The molecule has 1 aromatic heterocycles. The minimum absolute atomic E-state index is 0.194. The maximum atomic E-state index is 10.6. The summed E-state index contributed by atoms with van der Waals surface area (Å²) < 4.78 is 1.53. The lowest BCUT2D eigenvalue weighted by molar-refractivity contribution is 0.112. The number of nitrogens with zero attached hydrogens (tertiary/aromatic N) is 2. The first-order valence-electron chi connectivity index (χ1n) is 4.17. The molecule has 2 aromatic rings. The monoisotopic (exact) mass is 240 g/mol. The zero-order chi connectivity index (χ0) is 10.8. The highest BCUT2D eigenvalue weighted by molar-refractivity contribution is 6.31. The summed E-state index contributed by atoms with van der Waals surface area (Å²) in [4.78, 5) is 10.6. The van der Waals surface area contributed by atoms with Gasteiger partial charge < -0.3 is 0 Å². The van der Waals surface area contributed by atoms with Crippen molar-refractivity contribution in [2.75, 3.05) is 0 Å². The minimum atomic E-state index is 0.194. The van der Waals surface area contributed by atoms with Crippen LogP contribution in [0.3, 0.4) is 0 Å². The molecule has 0 amide bonds. The van der Waals surface area contributed by atoms with Crippen molar-refractivity contribution in [1.82, 2.24) is 9.78 Å². The molecule has 0 spiro atoms. The van der Waals surface area contributed by atoms with E-state index in [0.29, 0.717) is 16.9 Å². The lowest BCUT2D eigenvalue weighted by atomic mass is 10.3. The maximum Gasteiger partial charge on any atom is 0.162 e. The van der Waals surface area contributed by atoms with Gasteiger partial charge in [-0.1, -0.05) is 23.2 Å². The van der Waals surface area contributed by atoms with Gasteiger partial charge in [0.05, 0.1) is 11.3 Å². The van der Waals surface area contributed by atoms with Crippen LogP contribution in [0.1, 0.15) is 10.4 Å². The van der Waals surface area contributed by atoms with E-state index in [2.05, 4.69) is 5.10 Å². The molecule has 0 unspecified atom stereocenters. The van der Waals surface area contributed by atoms with Gasteiger partial charge in [0.1, 0.15) is 0 Å². The predicted molar refractivity (Wildman–Crippen MR) is 59.0 cm³/mol. The second-order valence-electron chi connectivity index (χ2n) is 2.91. The summed E-state index contributed by atoms with van der Waals surface area (Å²) in [5.74, 6) is 0. The summed E-state index contributed by atoms with van der Waals surface area (Å²) in [5.41, 5.74) is 1.17. The second kappa shape index (κ2) is 4.04. The van der Waals surface area contributed by atoms with Crippen molar-refractivity contribution in [2.45, 2.75) is 0 Å². The first kappa shape index (κ1) is 10.2. The average Bonchev–Trinajstić information content (AvgIpc) is 2.61. The molecule has 0 radical (unpaired) electrons. The van der Waals surface area contributed by atoms with Gasteiger partial charge in [-0.15, -0.1) is 0 Å². The highest BCUT2D eigenvalue weighted by atomic mass is 35.5. The SMILES string of the molecule is O=Cc1cn(-c2ccc(Cl)cc2)nc1Cl. The quantitative estimate of drug-likeness (QED) is 0.757. The van der Waals surface area contributed by atoms with Gasteiger partial charge in [0.15, 0.2) is 11.4 Å². The molecule has 1 aromatic carbocycles. The number of carbonyl (C=O) groups excluding carboxylic acids is 1. The fourth-order valence-electron chi connectivity index (χ4n) is 1.17. The van der Waals surface area contributed by atoms with Gasteiger partial charge in [0.2, 0.25) is 0 Å². The molecule has 0 saturated carbocycles. The Kier molecular flexibility index (Phi) is 2.75. The van der Waals surface area contributed by atoms with E-state index in [0.717, 1.165) is 5.69 Å². The Morgan fingerprint density at radius 1 is 1.20 bits per heavy atom. The molecule has 0 bridgehead atoms. The van der Waals surface area contributed by atoms with E-state index in [1.807, 2.05) is 0 Å². The molecule has 76 valence electrons. The van der Waals surface area contributed by atoms with E-state index in [1.54, 1.807) is 30.5 Å². The van der Waals surface area contributed by atoms with Gasteiger partial charge in [0, 0.05) is 11.2 Å². The average molecular weight is 241 g/mol. The molecule has 3 nitrogen and oxygen atoms in total. The van der Waals surface area contributed by atoms with Gasteiger partial charge in [-0.25, -0.2) is 4.68 Å². The van der Waals surface area contributed by atoms with Gasteiger partial charge in [-0.05, 0) is 24.3 Å². The van der Waals surface area contributed by atoms with Crippen LogP contribution in [0.2, 0.25) is 10.2 Å². The normalized spacial score (nSPS) is 10.3. The number of rotatable bonds is 2. The predicted octanol–water partition coefficient (Wildman–Crippen LogP) is 2.99. The van der Waals surface area contributed by atoms with Crippen LogP contribution >= 0.6 is 23.2 Å². The molecule has 0 aliphatic rings. The summed E-state index contributed by atoms with van der Waals surface area (Å²) in [6.45, 7) is 0. The van der Waals surface area contributed by atoms with Gasteiger partial charge >= 0.3 is 0 Å². The third-order valence-corrected chi connectivity index (χ3v) is 2.46. The van der Waals surface area contributed by atoms with Gasteiger partial charge in [0.25, 0.3) is 0 Å². The van der Waals surface area contributed by atoms with Crippen LogP contribution in [-0.2, 0) is 0 Å². The molecule has 1 heterocycles. The number of aldehydes is 1. The van der Waals surface area contributed by atoms with E-state index in [1.165, 1.54) is 4.68 Å². The molecule has 0 aliphatic carbocycles. The summed E-state index contributed by atoms with van der Waals surface area (Å²) in [7, 11) is 0. The Labute approximate surface area is 96.2 Å². The molecule has 5 heteroatoms. The molecule has 0 saturated heterocycles. The number of benzene rings is 1. The van der Waals surface area contributed by atoms with Crippen molar-refractivity contribution in [3.8, 4) is 5.69 Å². The number of aromatic nitrogens is 2. The number of halogens is 2. The van der Waals surface area contributed by atoms with E-state index in [-0.39, 0.29) is 5.15 Å². The number of hydrogen-bond acceptors (Lipinski definition) is 2. The Morgan fingerprint density at radius 2 is 1.87 bits per heavy atom. The Morgan fingerprint density at radius 3 is 2.40 bits per heavy atom. The third-order valence-electron chi connectivity index (χ3n) is 1.91. The topological polar surface area (TPSA) is 34.9 Å². The first-order chi connectivity index (χ1) is 7.20. The van der Waals surface area contributed by atoms with Crippen LogP contribution in [0, 0.1) is 0 Å². The van der Waals surface area contributed by atoms with Crippen LogP contribution in [0.25, 0.3) is 5.69 Å². The van der Waals surface area contributed by atoms with Crippen LogP contribution in [0.15, 0.2) is 30.5 Å². The van der Waals surface area contributed by atoms with Crippen LogP contribution in [-0.4, -0.2) is 16.1 Å². The number of carbonyl (C=O) groups is 1. The first-order valence-corrected chi connectivity index (χ1v) is 4.92. The van der Waals surface area contributed by atoms with E-state index < -0.39 is 0 Å². The lowest BCUT2D eigenvalue weighted by Crippen LogP contribution is -1.93. The number of hydrogen-bond donors (Lipinski definition) is 0. The zero-order valence-corrected chi connectivity index (χ0v) is 9.03. The zero-order valence-electron chi connectivity index (χ0n) is 7.52. The largest absolute Gasteiger partial charge is 0.298 e. The Balaban J connectivity index is 2.45. The van der Waals surface area contributed by atoms with Crippen molar-refractivity contribution in [2.24, 2.45) is 0 Å². The molecular formula is C10H6Cl2N2O. The molecule has 0 atom stereocenters. The molecule has 2 rings (SSSR count). The van der Waals surface area contributed by atoms with Crippen molar-refractivity contribution in [1.29, 1.82) is 0 Å². The minimum Gasteiger partial charge on any atom is -0.298 e. The van der Waals surface area contributed by atoms with Crippen molar-refractivity contribution in [3.63, 3.8) is 0 Å². The van der Waals surface area contributed by atoms with Gasteiger partial charge in [-0.2, -0.15) is 5.10 Å². The van der Waals surface area contributed by atoms with Crippen LogP contribution < -0.4 is 0 Å².